The van der Waals surface area contributed by atoms with Crippen LogP contribution in [0.1, 0.15) is 38.7 Å². The molecule has 0 saturated carbocycles. The SMILES string of the molecule is COC(=O)C[C@H](c1ccc(OC)c(OC)c1)N1C(=O)c2c(F)c(F)c(F)c(F)c2C1=O. The molecule has 1 atom stereocenters. The Morgan fingerprint density at radius 3 is 1.84 bits per heavy atom. The van der Waals surface area contributed by atoms with Gasteiger partial charge >= 0.3 is 5.97 Å². The minimum atomic E-state index is -2.23. The van der Waals surface area contributed by atoms with E-state index in [2.05, 4.69) is 4.74 Å². The van der Waals surface area contributed by atoms with Gasteiger partial charge in [0.2, 0.25) is 0 Å². The number of esters is 1. The van der Waals surface area contributed by atoms with Crippen LogP contribution >= 0.6 is 0 Å². The molecule has 1 aliphatic heterocycles. The lowest BCUT2D eigenvalue weighted by molar-refractivity contribution is -0.141. The number of halogens is 4. The van der Waals surface area contributed by atoms with E-state index in [0.29, 0.717) is 4.90 Å². The molecule has 164 valence electrons. The first-order chi connectivity index (χ1) is 14.7. The summed E-state index contributed by atoms with van der Waals surface area (Å²) in [6, 6.07) is 2.71. The zero-order chi connectivity index (χ0) is 23.0. The Labute approximate surface area is 173 Å². The number of methoxy groups -OCH3 is 3. The molecule has 2 aromatic rings. The fraction of sp³-hybridized carbons (Fsp3) is 0.250. The van der Waals surface area contributed by atoms with Crippen molar-refractivity contribution in [3.63, 3.8) is 0 Å². The Kier molecular flexibility index (Phi) is 5.87. The number of hydrogen-bond donors (Lipinski definition) is 0. The third-order valence-electron chi connectivity index (χ3n) is 4.82. The molecule has 11 heteroatoms. The van der Waals surface area contributed by atoms with Gasteiger partial charge in [-0.15, -0.1) is 0 Å². The van der Waals surface area contributed by atoms with Gasteiger partial charge in [0.15, 0.2) is 34.8 Å². The maximum Gasteiger partial charge on any atom is 0.307 e. The Balaban J connectivity index is 2.18. The Bertz CT molecular complexity index is 1060. The van der Waals surface area contributed by atoms with Crippen molar-refractivity contribution >= 4 is 17.8 Å². The summed E-state index contributed by atoms with van der Waals surface area (Å²) in [6.07, 6.45) is -0.606. The van der Waals surface area contributed by atoms with Crippen LogP contribution in [0.5, 0.6) is 11.5 Å². The quantitative estimate of drug-likeness (QED) is 0.225. The van der Waals surface area contributed by atoms with E-state index in [1.54, 1.807) is 0 Å². The number of ether oxygens (including phenoxy) is 3. The fourth-order valence-electron chi connectivity index (χ4n) is 3.31. The molecular formula is C20H15F4NO6. The smallest absolute Gasteiger partial charge is 0.307 e. The summed E-state index contributed by atoms with van der Waals surface area (Å²) in [4.78, 5) is 37.9. The van der Waals surface area contributed by atoms with Crippen molar-refractivity contribution in [1.29, 1.82) is 0 Å². The lowest BCUT2D eigenvalue weighted by Crippen LogP contribution is -2.35. The number of hydrogen-bond acceptors (Lipinski definition) is 6. The lowest BCUT2D eigenvalue weighted by Gasteiger charge is -2.26. The zero-order valence-corrected chi connectivity index (χ0v) is 16.4. The summed E-state index contributed by atoms with van der Waals surface area (Å²) in [5.74, 6) is -11.7. The van der Waals surface area contributed by atoms with Crippen molar-refractivity contribution in [2.24, 2.45) is 0 Å². The minimum Gasteiger partial charge on any atom is -0.493 e. The first-order valence-corrected chi connectivity index (χ1v) is 8.70. The summed E-state index contributed by atoms with van der Waals surface area (Å²) >= 11 is 0. The number of benzene rings is 2. The van der Waals surface area contributed by atoms with Crippen LogP contribution in [0.15, 0.2) is 18.2 Å². The molecule has 0 radical (unpaired) electrons. The summed E-state index contributed by atoms with van der Waals surface area (Å²) in [5.41, 5.74) is -2.37. The molecule has 0 aliphatic carbocycles. The third kappa shape index (κ3) is 3.45. The molecule has 2 aromatic carbocycles. The number of carbonyl (C=O) groups excluding carboxylic acids is 3. The standard InChI is InChI=1S/C20H15F4NO6/c1-29-10-5-4-8(6-11(10)30-2)9(7-12(26)31-3)25-19(27)13-14(20(25)28)16(22)18(24)17(23)15(13)21/h4-6,9H,7H2,1-3H3/t9-/m1/s1. The second kappa shape index (κ2) is 8.25. The van der Waals surface area contributed by atoms with Gasteiger partial charge in [0.25, 0.3) is 11.8 Å². The van der Waals surface area contributed by atoms with E-state index in [1.165, 1.54) is 32.4 Å². The lowest BCUT2D eigenvalue weighted by atomic mass is 10.0. The van der Waals surface area contributed by atoms with Crippen LogP contribution in [0, 0.1) is 23.3 Å². The first-order valence-electron chi connectivity index (χ1n) is 8.70. The molecule has 0 saturated heterocycles. The van der Waals surface area contributed by atoms with Crippen molar-refractivity contribution in [3.05, 3.63) is 58.2 Å². The van der Waals surface area contributed by atoms with Gasteiger partial charge in [0.1, 0.15) is 0 Å². The van der Waals surface area contributed by atoms with E-state index >= 15 is 0 Å². The number of amides is 2. The number of carbonyl (C=O) groups is 3. The maximum atomic E-state index is 14.2. The summed E-state index contributed by atoms with van der Waals surface area (Å²) in [7, 11) is 3.73. The number of fused-ring (bicyclic) bond motifs is 1. The van der Waals surface area contributed by atoms with Crippen LogP contribution in [0.3, 0.4) is 0 Å². The van der Waals surface area contributed by atoms with Crippen LogP contribution in [0.2, 0.25) is 0 Å². The molecule has 0 aromatic heterocycles. The molecule has 2 amide bonds. The highest BCUT2D eigenvalue weighted by Crippen LogP contribution is 2.39. The molecule has 0 N–H and O–H groups in total. The van der Waals surface area contributed by atoms with Gasteiger partial charge in [0, 0.05) is 0 Å². The van der Waals surface area contributed by atoms with Gasteiger partial charge in [-0.2, -0.15) is 0 Å². The number of imide groups is 1. The molecule has 7 nitrogen and oxygen atoms in total. The van der Waals surface area contributed by atoms with Gasteiger partial charge in [-0.1, -0.05) is 6.07 Å². The molecule has 1 aliphatic rings. The van der Waals surface area contributed by atoms with Crippen molar-refractivity contribution in [1.82, 2.24) is 4.90 Å². The van der Waals surface area contributed by atoms with E-state index in [-0.39, 0.29) is 17.1 Å². The van der Waals surface area contributed by atoms with E-state index in [9.17, 15) is 31.9 Å². The van der Waals surface area contributed by atoms with E-state index < -0.39 is 64.6 Å². The highest BCUT2D eigenvalue weighted by Gasteiger charge is 2.47. The zero-order valence-electron chi connectivity index (χ0n) is 16.4. The molecule has 0 bridgehead atoms. The molecule has 0 spiro atoms. The average Bonchev–Trinajstić information content (AvgIpc) is 3.03. The number of rotatable bonds is 6. The highest BCUT2D eigenvalue weighted by molar-refractivity contribution is 6.22. The Morgan fingerprint density at radius 2 is 1.39 bits per heavy atom. The van der Waals surface area contributed by atoms with Gasteiger partial charge in [-0.3, -0.25) is 19.3 Å². The predicted octanol–water partition coefficient (Wildman–Crippen LogP) is 3.16. The summed E-state index contributed by atoms with van der Waals surface area (Å²) in [5, 5.41) is 0. The molecule has 0 fully saturated rings. The van der Waals surface area contributed by atoms with Crippen molar-refractivity contribution in [2.45, 2.75) is 12.5 Å². The van der Waals surface area contributed by atoms with Crippen LogP contribution < -0.4 is 9.47 Å². The van der Waals surface area contributed by atoms with Gasteiger partial charge in [-0.25, -0.2) is 17.6 Å². The second-order valence-corrected chi connectivity index (χ2v) is 6.40. The molecule has 0 unspecified atom stereocenters. The number of nitrogens with zero attached hydrogens (tertiary/aromatic N) is 1. The van der Waals surface area contributed by atoms with Crippen LogP contribution in [-0.4, -0.2) is 44.0 Å². The third-order valence-corrected chi connectivity index (χ3v) is 4.82. The van der Waals surface area contributed by atoms with E-state index in [0.717, 1.165) is 7.11 Å². The van der Waals surface area contributed by atoms with E-state index in [1.807, 2.05) is 0 Å². The first kappa shape index (κ1) is 22.1. The molecule has 1 heterocycles. The average molecular weight is 441 g/mol. The highest BCUT2D eigenvalue weighted by atomic mass is 19.2. The predicted molar refractivity (Wildman–Crippen MR) is 95.7 cm³/mol. The molecular weight excluding hydrogens is 426 g/mol. The molecule has 3 rings (SSSR count). The van der Waals surface area contributed by atoms with Crippen molar-refractivity contribution in [3.8, 4) is 11.5 Å². The largest absolute Gasteiger partial charge is 0.493 e. The summed E-state index contributed by atoms with van der Waals surface area (Å²) in [6.45, 7) is 0. The van der Waals surface area contributed by atoms with E-state index in [4.69, 9.17) is 9.47 Å². The van der Waals surface area contributed by atoms with Crippen molar-refractivity contribution < 1.29 is 46.2 Å². The van der Waals surface area contributed by atoms with Crippen LogP contribution in [0.25, 0.3) is 0 Å². The monoisotopic (exact) mass is 441 g/mol. The fourth-order valence-corrected chi connectivity index (χ4v) is 3.31. The summed E-state index contributed by atoms with van der Waals surface area (Å²) < 4.78 is 70.7. The Hall–Kier alpha value is -3.63. The maximum absolute atomic E-state index is 14.2. The van der Waals surface area contributed by atoms with Crippen LogP contribution in [0.4, 0.5) is 17.6 Å². The topological polar surface area (TPSA) is 82.1 Å². The van der Waals surface area contributed by atoms with Crippen LogP contribution in [-0.2, 0) is 9.53 Å². The normalized spacial score (nSPS) is 13.8. The van der Waals surface area contributed by atoms with Gasteiger partial charge < -0.3 is 14.2 Å². The van der Waals surface area contributed by atoms with Gasteiger partial charge in [-0.05, 0) is 17.7 Å². The minimum absolute atomic E-state index is 0.138. The molecule has 31 heavy (non-hydrogen) atoms. The van der Waals surface area contributed by atoms with Crippen molar-refractivity contribution in [2.75, 3.05) is 21.3 Å². The second-order valence-electron chi connectivity index (χ2n) is 6.40. The Morgan fingerprint density at radius 1 is 0.871 bits per heavy atom. The van der Waals surface area contributed by atoms with Gasteiger partial charge in [0.05, 0.1) is 44.9 Å².